The molecule has 3 heterocycles. The van der Waals surface area contributed by atoms with Crippen molar-refractivity contribution in [2.75, 3.05) is 22.5 Å². The minimum Gasteiger partial charge on any atom is -0.375 e. The van der Waals surface area contributed by atoms with Gasteiger partial charge in [0.1, 0.15) is 5.69 Å². The zero-order valence-electron chi connectivity index (χ0n) is 17.2. The fraction of sp³-hybridized carbons (Fsp3) is 0.125. The third-order valence-corrected chi connectivity index (χ3v) is 5.80. The van der Waals surface area contributed by atoms with Gasteiger partial charge >= 0.3 is 0 Å². The summed E-state index contributed by atoms with van der Waals surface area (Å²) in [5, 5.41) is 11.0. The maximum Gasteiger partial charge on any atom is 0.264 e. The number of hydrogen-bond donors (Lipinski definition) is 3. The van der Waals surface area contributed by atoms with Crippen molar-refractivity contribution in [1.29, 1.82) is 0 Å². The van der Waals surface area contributed by atoms with Gasteiger partial charge < -0.3 is 16.0 Å². The molecular weight excluding hydrogens is 426 g/mol. The van der Waals surface area contributed by atoms with Crippen LogP contribution in [0.3, 0.4) is 0 Å². The molecule has 0 radical (unpaired) electrons. The maximum atomic E-state index is 13.6. The normalized spacial score (nSPS) is 13.8. The van der Waals surface area contributed by atoms with E-state index < -0.39 is 0 Å². The lowest BCUT2D eigenvalue weighted by atomic mass is 10.1. The van der Waals surface area contributed by atoms with Crippen LogP contribution < -0.4 is 21.5 Å². The molecule has 0 saturated carbocycles. The Kier molecular flexibility index (Phi) is 5.03. The summed E-state index contributed by atoms with van der Waals surface area (Å²) in [4.78, 5) is 29.8. The fourth-order valence-electron chi connectivity index (χ4n) is 4.00. The number of rotatable bonds is 4. The van der Waals surface area contributed by atoms with E-state index in [0.29, 0.717) is 27.6 Å². The van der Waals surface area contributed by atoms with Gasteiger partial charge in [0.05, 0.1) is 28.7 Å². The molecular formula is C24H20ClN5O2. The summed E-state index contributed by atoms with van der Waals surface area (Å²) in [6.45, 7) is 2.15. The smallest absolute Gasteiger partial charge is 0.264 e. The molecule has 0 spiro atoms. The number of anilines is 3. The van der Waals surface area contributed by atoms with Gasteiger partial charge in [-0.2, -0.15) is 0 Å². The molecule has 0 unspecified atom stereocenters. The van der Waals surface area contributed by atoms with Crippen molar-refractivity contribution in [2.45, 2.75) is 13.0 Å². The summed E-state index contributed by atoms with van der Waals surface area (Å²) < 4.78 is 1.68. The number of hydrogen-bond acceptors (Lipinski definition) is 5. The molecule has 0 aliphatic carbocycles. The van der Waals surface area contributed by atoms with Crippen LogP contribution in [0.2, 0.25) is 5.02 Å². The maximum absolute atomic E-state index is 13.6. The van der Waals surface area contributed by atoms with E-state index in [9.17, 15) is 9.59 Å². The summed E-state index contributed by atoms with van der Waals surface area (Å²) in [5.74, 6) is 0.468. The molecule has 1 amide bonds. The summed E-state index contributed by atoms with van der Waals surface area (Å²) in [6.07, 6.45) is 1.67. The average molecular weight is 446 g/mol. The SMILES string of the molecule is C[C@H](Nc1ccnc2c1NC(=O)CN2)c1cc2cccc(Cl)c2c(=O)n1-c1ccccc1. The van der Waals surface area contributed by atoms with E-state index in [2.05, 4.69) is 20.9 Å². The van der Waals surface area contributed by atoms with Crippen LogP contribution in [0.5, 0.6) is 0 Å². The van der Waals surface area contributed by atoms with E-state index in [0.717, 1.165) is 16.8 Å². The molecule has 8 heteroatoms. The van der Waals surface area contributed by atoms with Crippen molar-refractivity contribution >= 4 is 45.5 Å². The van der Waals surface area contributed by atoms with Gasteiger partial charge in [-0.25, -0.2) is 4.98 Å². The lowest BCUT2D eigenvalue weighted by molar-refractivity contribution is -0.114. The molecule has 2 aromatic heterocycles. The van der Waals surface area contributed by atoms with E-state index in [1.807, 2.05) is 55.5 Å². The number of amides is 1. The summed E-state index contributed by atoms with van der Waals surface area (Å²) in [5.41, 5.74) is 2.62. The van der Waals surface area contributed by atoms with Gasteiger partial charge in [-0.15, -0.1) is 0 Å². The molecule has 2 aromatic carbocycles. The van der Waals surface area contributed by atoms with Crippen LogP contribution in [0.1, 0.15) is 18.7 Å². The van der Waals surface area contributed by atoms with Crippen molar-refractivity contribution < 1.29 is 4.79 Å². The first-order valence-corrected chi connectivity index (χ1v) is 10.6. The van der Waals surface area contributed by atoms with Gasteiger partial charge in [0.15, 0.2) is 5.82 Å². The van der Waals surface area contributed by atoms with Gasteiger partial charge in [0.2, 0.25) is 5.91 Å². The standard InChI is InChI=1S/C24H20ClN5O2/c1-14(28-18-10-11-26-23-22(18)29-20(31)13-27-23)19-12-15-6-5-9-17(25)21(15)24(32)30(19)16-7-3-2-4-8-16/h2-12,14H,13H2,1H3,(H,29,31)(H2,26,27,28)/t14-/m0/s1. The number of pyridine rings is 2. The first-order valence-electron chi connectivity index (χ1n) is 10.2. The van der Waals surface area contributed by atoms with Gasteiger partial charge in [-0.3, -0.25) is 14.2 Å². The Bertz CT molecular complexity index is 1400. The molecule has 1 atom stereocenters. The number of benzene rings is 2. The Morgan fingerprint density at radius 2 is 1.91 bits per heavy atom. The topological polar surface area (TPSA) is 88.1 Å². The van der Waals surface area contributed by atoms with Crippen LogP contribution >= 0.6 is 11.6 Å². The first-order chi connectivity index (χ1) is 15.5. The average Bonchev–Trinajstić information content (AvgIpc) is 2.80. The molecule has 32 heavy (non-hydrogen) atoms. The first kappa shape index (κ1) is 20.1. The lowest BCUT2D eigenvalue weighted by Crippen LogP contribution is -2.29. The Morgan fingerprint density at radius 1 is 1.09 bits per heavy atom. The van der Waals surface area contributed by atoms with Crippen LogP contribution in [-0.4, -0.2) is 22.0 Å². The molecule has 7 nitrogen and oxygen atoms in total. The van der Waals surface area contributed by atoms with Crippen LogP contribution in [0, 0.1) is 0 Å². The number of carbonyl (C=O) groups excluding carboxylic acids is 1. The zero-order chi connectivity index (χ0) is 22.2. The van der Waals surface area contributed by atoms with E-state index in [1.165, 1.54) is 0 Å². The number of nitrogens with zero attached hydrogens (tertiary/aromatic N) is 2. The van der Waals surface area contributed by atoms with Crippen molar-refractivity contribution in [1.82, 2.24) is 9.55 Å². The van der Waals surface area contributed by atoms with Crippen molar-refractivity contribution in [3.05, 3.63) is 87.9 Å². The van der Waals surface area contributed by atoms with Crippen LogP contribution in [0.15, 0.2) is 71.7 Å². The highest BCUT2D eigenvalue weighted by atomic mass is 35.5. The van der Waals surface area contributed by atoms with Crippen molar-refractivity contribution in [3.63, 3.8) is 0 Å². The second kappa shape index (κ2) is 8.01. The van der Waals surface area contributed by atoms with Crippen LogP contribution in [0.4, 0.5) is 17.2 Å². The molecule has 1 aliphatic heterocycles. The second-order valence-electron chi connectivity index (χ2n) is 7.60. The third kappa shape index (κ3) is 3.46. The number of carbonyl (C=O) groups is 1. The van der Waals surface area contributed by atoms with Crippen molar-refractivity contribution in [2.24, 2.45) is 0 Å². The van der Waals surface area contributed by atoms with Crippen LogP contribution in [-0.2, 0) is 4.79 Å². The van der Waals surface area contributed by atoms with Crippen LogP contribution in [0.25, 0.3) is 16.5 Å². The van der Waals surface area contributed by atoms with E-state index >= 15 is 0 Å². The molecule has 0 saturated heterocycles. The third-order valence-electron chi connectivity index (χ3n) is 5.49. The highest BCUT2D eigenvalue weighted by molar-refractivity contribution is 6.35. The van der Waals surface area contributed by atoms with Gasteiger partial charge in [-0.1, -0.05) is 41.9 Å². The molecule has 0 fully saturated rings. The highest BCUT2D eigenvalue weighted by Gasteiger charge is 2.22. The molecule has 5 rings (SSSR count). The predicted molar refractivity (Wildman–Crippen MR) is 128 cm³/mol. The minimum atomic E-state index is -0.281. The highest BCUT2D eigenvalue weighted by Crippen LogP contribution is 2.34. The fourth-order valence-corrected chi connectivity index (χ4v) is 4.26. The Balaban J connectivity index is 1.66. The molecule has 4 aromatic rings. The number of aromatic nitrogens is 2. The number of fused-ring (bicyclic) bond motifs is 2. The monoisotopic (exact) mass is 445 g/mol. The van der Waals surface area contributed by atoms with Gasteiger partial charge in [-0.05, 0) is 42.6 Å². The molecule has 160 valence electrons. The summed E-state index contributed by atoms with van der Waals surface area (Å²) in [7, 11) is 0. The minimum absolute atomic E-state index is 0.136. The number of nitrogens with one attached hydrogen (secondary N) is 3. The van der Waals surface area contributed by atoms with Crippen molar-refractivity contribution in [3.8, 4) is 5.69 Å². The van der Waals surface area contributed by atoms with E-state index in [1.54, 1.807) is 22.9 Å². The van der Waals surface area contributed by atoms with E-state index in [-0.39, 0.29) is 24.1 Å². The van der Waals surface area contributed by atoms with E-state index in [4.69, 9.17) is 11.6 Å². The Morgan fingerprint density at radius 3 is 2.72 bits per heavy atom. The largest absolute Gasteiger partial charge is 0.375 e. The lowest BCUT2D eigenvalue weighted by Gasteiger charge is -2.25. The molecule has 3 N–H and O–H groups in total. The quantitative estimate of drug-likeness (QED) is 0.428. The molecule has 1 aliphatic rings. The Labute approximate surface area is 189 Å². The summed E-state index contributed by atoms with van der Waals surface area (Å²) >= 11 is 6.39. The number of para-hydroxylation sites is 1. The summed E-state index contributed by atoms with van der Waals surface area (Å²) in [6, 6.07) is 18.4. The predicted octanol–water partition coefficient (Wildman–Crippen LogP) is 4.58. The zero-order valence-corrected chi connectivity index (χ0v) is 18.0. The number of halogens is 1. The Hall–Kier alpha value is -3.84. The van der Waals surface area contributed by atoms with Gasteiger partial charge in [0.25, 0.3) is 5.56 Å². The molecule has 0 bridgehead atoms. The second-order valence-corrected chi connectivity index (χ2v) is 8.01. The van der Waals surface area contributed by atoms with Gasteiger partial charge in [0, 0.05) is 17.6 Å².